The van der Waals surface area contributed by atoms with Crippen LogP contribution in [0.2, 0.25) is 0 Å². The van der Waals surface area contributed by atoms with Gasteiger partial charge in [-0.2, -0.15) is 0 Å². The normalized spacial score (nSPS) is 13.9. The maximum absolute atomic E-state index is 13.1. The third-order valence-electron chi connectivity index (χ3n) is 19.5. The smallest absolute Gasteiger partial charge is 0.462 e. The molecule has 606 valence electrons. The zero-order valence-electron chi connectivity index (χ0n) is 66.9. The molecule has 0 aliphatic rings. The molecule has 0 saturated carbocycles. The molecule has 2 unspecified atom stereocenters. The summed E-state index contributed by atoms with van der Waals surface area (Å²) in [5.41, 5.74) is 0. The van der Waals surface area contributed by atoms with Crippen molar-refractivity contribution in [2.24, 2.45) is 11.8 Å². The number of hydrogen-bond acceptors (Lipinski definition) is 15. The van der Waals surface area contributed by atoms with Crippen LogP contribution in [0.4, 0.5) is 0 Å². The Kier molecular flexibility index (Phi) is 73.1. The highest BCUT2D eigenvalue weighted by molar-refractivity contribution is 7.47. The first-order valence-corrected chi connectivity index (χ1v) is 46.0. The van der Waals surface area contributed by atoms with E-state index >= 15 is 0 Å². The van der Waals surface area contributed by atoms with Crippen molar-refractivity contribution in [1.29, 1.82) is 0 Å². The standard InChI is InChI=1S/C83H162O17P2/c1-7-9-11-13-15-16-17-18-19-20-21-22-23-27-30-33-36-42-48-54-60-66-81(86)94-72-79(100-82(87)67-61-55-49-43-37-34-31-28-25-24-26-29-32-35-40-46-51-57-63-75(3)4)74-98-102(91,92)96-70-77(84)69-95-101(89,90)97-73-78(71-93-80(85)65-59-53-45-14-12-10-8-2)99-83(88)68-62-56-50-44-39-38-41-47-52-58-64-76(5)6/h75-79,84H,7-74H2,1-6H3,(H,89,90)(H,91,92)/t77-,78+,79+/m0/s1. The molecule has 0 aliphatic heterocycles. The molecular formula is C83H162O17P2. The predicted octanol–water partition coefficient (Wildman–Crippen LogP) is 25.1. The van der Waals surface area contributed by atoms with Crippen LogP contribution in [0.5, 0.6) is 0 Å². The van der Waals surface area contributed by atoms with Crippen molar-refractivity contribution in [3.63, 3.8) is 0 Å². The van der Waals surface area contributed by atoms with Crippen molar-refractivity contribution < 1.29 is 80.2 Å². The van der Waals surface area contributed by atoms with E-state index in [1.54, 1.807) is 0 Å². The van der Waals surface area contributed by atoms with Crippen molar-refractivity contribution in [3.05, 3.63) is 0 Å². The number of rotatable bonds is 82. The lowest BCUT2D eigenvalue weighted by atomic mass is 10.0. The van der Waals surface area contributed by atoms with E-state index in [1.807, 2.05) is 0 Å². The van der Waals surface area contributed by atoms with E-state index in [0.29, 0.717) is 25.7 Å². The molecule has 5 atom stereocenters. The van der Waals surface area contributed by atoms with Gasteiger partial charge in [-0.05, 0) is 37.5 Å². The van der Waals surface area contributed by atoms with Gasteiger partial charge in [0.05, 0.1) is 26.4 Å². The number of carbonyl (C=O) groups is 4. The van der Waals surface area contributed by atoms with Gasteiger partial charge in [-0.1, -0.05) is 388 Å². The average Bonchev–Trinajstić information content (AvgIpc) is 0.919. The van der Waals surface area contributed by atoms with Gasteiger partial charge in [-0.3, -0.25) is 37.3 Å². The maximum Gasteiger partial charge on any atom is 0.472 e. The lowest BCUT2D eigenvalue weighted by Crippen LogP contribution is -2.30. The van der Waals surface area contributed by atoms with Gasteiger partial charge in [0.15, 0.2) is 12.2 Å². The Bertz CT molecular complexity index is 1960. The van der Waals surface area contributed by atoms with Crippen LogP contribution in [0.1, 0.15) is 440 Å². The molecule has 19 heteroatoms. The molecule has 0 saturated heterocycles. The second-order valence-electron chi connectivity index (χ2n) is 30.8. The SMILES string of the molecule is CCCCCCCCCCCCCCCCCCCCCCCC(=O)OC[C@H](COP(=O)(O)OC[C@@H](O)COP(=O)(O)OC[C@@H](COC(=O)CCCCCCCCC)OC(=O)CCCCCCCCCCCCC(C)C)OC(=O)CCCCCCCCCCCCCCCCCCCCC(C)C. The number of phosphoric acid groups is 2. The van der Waals surface area contributed by atoms with Crippen LogP contribution in [-0.4, -0.2) is 96.7 Å². The van der Waals surface area contributed by atoms with E-state index in [1.165, 1.54) is 244 Å². The number of carbonyl (C=O) groups excluding carboxylic acids is 4. The van der Waals surface area contributed by atoms with Gasteiger partial charge in [0.25, 0.3) is 0 Å². The molecule has 0 amide bonds. The Labute approximate surface area is 626 Å². The van der Waals surface area contributed by atoms with E-state index in [4.69, 9.17) is 37.0 Å². The van der Waals surface area contributed by atoms with E-state index in [2.05, 4.69) is 41.5 Å². The van der Waals surface area contributed by atoms with Gasteiger partial charge >= 0.3 is 39.5 Å². The summed E-state index contributed by atoms with van der Waals surface area (Å²) in [6, 6.07) is 0. The molecule has 0 radical (unpaired) electrons. The van der Waals surface area contributed by atoms with Crippen LogP contribution in [0.15, 0.2) is 0 Å². The van der Waals surface area contributed by atoms with Gasteiger partial charge in [0, 0.05) is 25.7 Å². The third-order valence-corrected chi connectivity index (χ3v) is 21.4. The number of phosphoric ester groups is 2. The number of aliphatic hydroxyl groups excluding tert-OH is 1. The molecule has 102 heavy (non-hydrogen) atoms. The summed E-state index contributed by atoms with van der Waals surface area (Å²) in [5, 5.41) is 10.6. The minimum absolute atomic E-state index is 0.106. The topological polar surface area (TPSA) is 237 Å². The quantitative estimate of drug-likeness (QED) is 0.0222. The summed E-state index contributed by atoms with van der Waals surface area (Å²) >= 11 is 0. The van der Waals surface area contributed by atoms with E-state index in [-0.39, 0.29) is 25.7 Å². The van der Waals surface area contributed by atoms with E-state index < -0.39 is 97.5 Å². The number of unbranched alkanes of at least 4 members (excludes halogenated alkanes) is 52. The van der Waals surface area contributed by atoms with Crippen LogP contribution in [0.3, 0.4) is 0 Å². The average molecular weight is 1490 g/mol. The summed E-state index contributed by atoms with van der Waals surface area (Å²) in [6.45, 7) is 9.62. The fraction of sp³-hybridized carbons (Fsp3) is 0.952. The van der Waals surface area contributed by atoms with Gasteiger partial charge < -0.3 is 33.8 Å². The summed E-state index contributed by atoms with van der Waals surface area (Å²) in [5.74, 6) is -0.540. The van der Waals surface area contributed by atoms with Gasteiger partial charge in [-0.15, -0.1) is 0 Å². The Morgan fingerprint density at radius 2 is 0.451 bits per heavy atom. The highest BCUT2D eigenvalue weighted by atomic mass is 31.2. The zero-order chi connectivity index (χ0) is 74.9. The fourth-order valence-electron chi connectivity index (χ4n) is 12.9. The lowest BCUT2D eigenvalue weighted by Gasteiger charge is -2.21. The largest absolute Gasteiger partial charge is 0.472 e. The molecular weight excluding hydrogens is 1330 g/mol. The molecule has 0 rings (SSSR count). The number of aliphatic hydroxyl groups is 1. The van der Waals surface area contributed by atoms with Gasteiger partial charge in [0.2, 0.25) is 0 Å². The predicted molar refractivity (Wildman–Crippen MR) is 418 cm³/mol. The van der Waals surface area contributed by atoms with Gasteiger partial charge in [-0.25, -0.2) is 9.13 Å². The first-order chi connectivity index (χ1) is 49.4. The molecule has 17 nitrogen and oxygen atoms in total. The molecule has 0 heterocycles. The van der Waals surface area contributed by atoms with E-state index in [0.717, 1.165) is 115 Å². The number of hydrogen-bond donors (Lipinski definition) is 3. The van der Waals surface area contributed by atoms with Crippen LogP contribution in [-0.2, 0) is 65.4 Å². The maximum atomic E-state index is 13.1. The summed E-state index contributed by atoms with van der Waals surface area (Å²) in [4.78, 5) is 72.9. The Hall–Kier alpha value is -1.94. The third kappa shape index (κ3) is 76.3. The number of ether oxygens (including phenoxy) is 4. The summed E-state index contributed by atoms with van der Waals surface area (Å²) in [6.07, 6.45) is 65.6. The van der Waals surface area contributed by atoms with Crippen molar-refractivity contribution in [2.45, 2.75) is 458 Å². The Balaban J connectivity index is 5.15. The molecule has 0 aromatic rings. The van der Waals surface area contributed by atoms with Crippen molar-refractivity contribution in [3.8, 4) is 0 Å². The minimum Gasteiger partial charge on any atom is -0.462 e. The number of esters is 4. The molecule has 3 N–H and O–H groups in total. The highest BCUT2D eigenvalue weighted by Gasteiger charge is 2.30. The molecule has 0 bridgehead atoms. The van der Waals surface area contributed by atoms with E-state index in [9.17, 15) is 43.2 Å². The highest BCUT2D eigenvalue weighted by Crippen LogP contribution is 2.45. The first-order valence-electron chi connectivity index (χ1n) is 43.0. The molecule has 0 spiro atoms. The Morgan fingerprint density at radius 1 is 0.265 bits per heavy atom. The van der Waals surface area contributed by atoms with Crippen molar-refractivity contribution >= 4 is 39.5 Å². The Morgan fingerprint density at radius 3 is 0.667 bits per heavy atom. The van der Waals surface area contributed by atoms with Crippen LogP contribution in [0, 0.1) is 11.8 Å². The minimum atomic E-state index is -4.96. The lowest BCUT2D eigenvalue weighted by molar-refractivity contribution is -0.161. The van der Waals surface area contributed by atoms with Crippen molar-refractivity contribution in [2.75, 3.05) is 39.6 Å². The van der Waals surface area contributed by atoms with Crippen LogP contribution in [0.25, 0.3) is 0 Å². The van der Waals surface area contributed by atoms with Crippen LogP contribution < -0.4 is 0 Å². The summed E-state index contributed by atoms with van der Waals surface area (Å²) < 4.78 is 68.6. The molecule has 0 fully saturated rings. The molecule has 0 aliphatic carbocycles. The zero-order valence-corrected chi connectivity index (χ0v) is 68.7. The van der Waals surface area contributed by atoms with Crippen molar-refractivity contribution in [1.82, 2.24) is 0 Å². The van der Waals surface area contributed by atoms with Gasteiger partial charge in [0.1, 0.15) is 19.3 Å². The second kappa shape index (κ2) is 74.5. The first kappa shape index (κ1) is 100. The fourth-order valence-corrected chi connectivity index (χ4v) is 14.5. The second-order valence-corrected chi connectivity index (χ2v) is 33.7. The summed E-state index contributed by atoms with van der Waals surface area (Å²) in [7, 11) is -9.92. The monoisotopic (exact) mass is 1490 g/mol. The molecule has 0 aromatic heterocycles. The molecule has 0 aromatic carbocycles. The van der Waals surface area contributed by atoms with Crippen LogP contribution >= 0.6 is 15.6 Å².